The van der Waals surface area contributed by atoms with Gasteiger partial charge in [0.05, 0.1) is 5.52 Å². The summed E-state index contributed by atoms with van der Waals surface area (Å²) in [6, 6.07) is 16.5. The molecule has 2 heterocycles. The second-order valence-corrected chi connectivity index (χ2v) is 7.91. The van der Waals surface area contributed by atoms with Crippen LogP contribution in [0.2, 0.25) is 0 Å². The molecule has 0 aliphatic heterocycles. The number of carbonyl (C=O) groups excluding carboxylic acids is 1. The SMILES string of the molecule is CCn1c(=O)c(-c2cc(NC(=O)Nc3ccccc3)c(C)cc2C)cc2cnc(NC)cc21. The molecule has 3 N–H and O–H groups in total. The minimum atomic E-state index is -0.340. The number of aryl methyl sites for hydroxylation is 3. The van der Waals surface area contributed by atoms with Crippen LogP contribution in [-0.4, -0.2) is 22.6 Å². The number of urea groups is 1. The summed E-state index contributed by atoms with van der Waals surface area (Å²) >= 11 is 0. The third-order valence-corrected chi connectivity index (χ3v) is 5.69. The molecule has 2 aromatic heterocycles. The topological polar surface area (TPSA) is 88.1 Å². The summed E-state index contributed by atoms with van der Waals surface area (Å²) in [7, 11) is 1.80. The van der Waals surface area contributed by atoms with Crippen molar-refractivity contribution in [2.45, 2.75) is 27.3 Å². The third-order valence-electron chi connectivity index (χ3n) is 5.69. The molecule has 0 unspecified atom stereocenters. The van der Waals surface area contributed by atoms with Gasteiger partial charge in [-0.1, -0.05) is 24.3 Å². The van der Waals surface area contributed by atoms with Gasteiger partial charge >= 0.3 is 6.03 Å². The zero-order valence-corrected chi connectivity index (χ0v) is 19.2. The summed E-state index contributed by atoms with van der Waals surface area (Å²) in [6.07, 6.45) is 1.77. The number of nitrogens with zero attached hydrogens (tertiary/aromatic N) is 2. The minimum Gasteiger partial charge on any atom is -0.373 e. The summed E-state index contributed by atoms with van der Waals surface area (Å²) in [4.78, 5) is 30.4. The Bertz CT molecular complexity index is 1390. The first-order valence-corrected chi connectivity index (χ1v) is 10.9. The van der Waals surface area contributed by atoms with E-state index in [2.05, 4.69) is 20.9 Å². The lowest BCUT2D eigenvalue weighted by atomic mass is 9.97. The van der Waals surface area contributed by atoms with Crippen LogP contribution < -0.4 is 21.5 Å². The Morgan fingerprint density at radius 2 is 1.73 bits per heavy atom. The summed E-state index contributed by atoms with van der Waals surface area (Å²) in [5.74, 6) is 0.708. The van der Waals surface area contributed by atoms with Crippen molar-refractivity contribution in [3.63, 3.8) is 0 Å². The Hall–Kier alpha value is -4.13. The first-order chi connectivity index (χ1) is 15.9. The fraction of sp³-hybridized carbons (Fsp3) is 0.192. The minimum absolute atomic E-state index is 0.0788. The number of benzene rings is 2. The quantitative estimate of drug-likeness (QED) is 0.388. The average Bonchev–Trinajstić information content (AvgIpc) is 2.81. The zero-order chi connectivity index (χ0) is 23.5. The molecule has 0 radical (unpaired) electrons. The van der Waals surface area contributed by atoms with Crippen LogP contribution in [0.4, 0.5) is 22.0 Å². The van der Waals surface area contributed by atoms with E-state index in [-0.39, 0.29) is 11.6 Å². The van der Waals surface area contributed by atoms with Crippen molar-refractivity contribution in [2.24, 2.45) is 0 Å². The van der Waals surface area contributed by atoms with Crippen molar-refractivity contribution in [1.29, 1.82) is 0 Å². The standard InChI is InChI=1S/C26H27N5O2/c1-5-31-23-14-24(27-4)28-15-18(23)12-21(25(31)32)20-13-22(17(3)11-16(20)2)30-26(33)29-19-9-7-6-8-10-19/h6-15H,5H2,1-4H3,(H,27,28)(H2,29,30,33). The molecule has 0 saturated carbocycles. The molecule has 0 spiro atoms. The molecule has 0 bridgehead atoms. The Morgan fingerprint density at radius 3 is 2.42 bits per heavy atom. The van der Waals surface area contributed by atoms with Crippen LogP contribution in [0.1, 0.15) is 18.1 Å². The lowest BCUT2D eigenvalue weighted by Crippen LogP contribution is -2.22. The molecule has 2 amide bonds. The van der Waals surface area contributed by atoms with Crippen LogP contribution in [-0.2, 0) is 6.54 Å². The molecular weight excluding hydrogens is 414 g/mol. The average molecular weight is 442 g/mol. The van der Waals surface area contributed by atoms with Gasteiger partial charge in [0.1, 0.15) is 5.82 Å². The van der Waals surface area contributed by atoms with Gasteiger partial charge in [-0.15, -0.1) is 0 Å². The van der Waals surface area contributed by atoms with Gasteiger partial charge in [-0.3, -0.25) is 4.79 Å². The maximum Gasteiger partial charge on any atom is 0.323 e. The number of hydrogen-bond acceptors (Lipinski definition) is 4. The van der Waals surface area contributed by atoms with Gasteiger partial charge in [-0.2, -0.15) is 0 Å². The number of aromatic nitrogens is 2. The van der Waals surface area contributed by atoms with Gasteiger partial charge in [0.15, 0.2) is 0 Å². The van der Waals surface area contributed by atoms with E-state index < -0.39 is 0 Å². The highest BCUT2D eigenvalue weighted by molar-refractivity contribution is 6.00. The molecular formula is C26H27N5O2. The van der Waals surface area contributed by atoms with Gasteiger partial charge in [0.2, 0.25) is 0 Å². The van der Waals surface area contributed by atoms with Crippen LogP contribution in [0.3, 0.4) is 0 Å². The monoisotopic (exact) mass is 441 g/mol. The van der Waals surface area contributed by atoms with Gasteiger partial charge in [0.25, 0.3) is 5.56 Å². The normalized spacial score (nSPS) is 10.8. The van der Waals surface area contributed by atoms with Crippen molar-refractivity contribution in [2.75, 3.05) is 23.0 Å². The second kappa shape index (κ2) is 9.16. The van der Waals surface area contributed by atoms with E-state index in [0.717, 1.165) is 27.6 Å². The molecule has 7 nitrogen and oxygen atoms in total. The largest absolute Gasteiger partial charge is 0.373 e. The lowest BCUT2D eigenvalue weighted by molar-refractivity contribution is 0.262. The molecule has 7 heteroatoms. The summed E-state index contributed by atoms with van der Waals surface area (Å²) in [5, 5.41) is 9.64. The number of hydrogen-bond donors (Lipinski definition) is 3. The summed E-state index contributed by atoms with van der Waals surface area (Å²) in [6.45, 7) is 6.39. The van der Waals surface area contributed by atoms with Gasteiger partial charge in [0, 0.05) is 48.2 Å². The molecule has 0 aliphatic rings. The molecule has 4 rings (SSSR count). The zero-order valence-electron chi connectivity index (χ0n) is 19.2. The number of anilines is 3. The van der Waals surface area contributed by atoms with Crippen LogP contribution >= 0.6 is 0 Å². The Balaban J connectivity index is 1.77. The maximum absolute atomic E-state index is 13.4. The van der Waals surface area contributed by atoms with Crippen molar-refractivity contribution >= 4 is 34.1 Å². The first kappa shape index (κ1) is 22.1. The smallest absolute Gasteiger partial charge is 0.323 e. The third kappa shape index (κ3) is 4.43. The highest BCUT2D eigenvalue weighted by Gasteiger charge is 2.16. The fourth-order valence-electron chi connectivity index (χ4n) is 4.00. The van der Waals surface area contributed by atoms with Crippen LogP contribution in [0.15, 0.2) is 65.6 Å². The van der Waals surface area contributed by atoms with Crippen molar-refractivity contribution < 1.29 is 4.79 Å². The number of carbonyl (C=O) groups is 1. The van der Waals surface area contributed by atoms with E-state index in [9.17, 15) is 9.59 Å². The number of rotatable bonds is 5. The highest BCUT2D eigenvalue weighted by Crippen LogP contribution is 2.30. The fourth-order valence-corrected chi connectivity index (χ4v) is 4.00. The summed E-state index contributed by atoms with van der Waals surface area (Å²) < 4.78 is 1.75. The van der Waals surface area contributed by atoms with Gasteiger partial charge in [-0.25, -0.2) is 9.78 Å². The Kier molecular flexibility index (Phi) is 6.13. The molecule has 0 aliphatic carbocycles. The molecule has 0 saturated heterocycles. The maximum atomic E-state index is 13.4. The lowest BCUT2D eigenvalue weighted by Gasteiger charge is -2.16. The number of pyridine rings is 2. The molecule has 4 aromatic rings. The van der Waals surface area contributed by atoms with Crippen molar-refractivity contribution in [3.8, 4) is 11.1 Å². The predicted molar refractivity (Wildman–Crippen MR) is 135 cm³/mol. The Labute approximate surface area is 192 Å². The van der Waals surface area contributed by atoms with Crippen molar-refractivity contribution in [1.82, 2.24) is 9.55 Å². The van der Waals surface area contributed by atoms with E-state index in [1.54, 1.807) is 17.8 Å². The van der Waals surface area contributed by atoms with Gasteiger partial charge < -0.3 is 20.5 Å². The van der Waals surface area contributed by atoms with Crippen LogP contribution in [0.25, 0.3) is 22.0 Å². The summed E-state index contributed by atoms with van der Waals surface area (Å²) in [5.41, 5.74) is 5.33. The van der Waals surface area contributed by atoms with E-state index in [1.807, 2.05) is 75.4 Å². The van der Waals surface area contributed by atoms with E-state index in [1.165, 1.54) is 0 Å². The van der Waals surface area contributed by atoms with E-state index >= 15 is 0 Å². The number of amides is 2. The second-order valence-electron chi connectivity index (χ2n) is 7.91. The number of fused-ring (bicyclic) bond motifs is 1. The Morgan fingerprint density at radius 1 is 0.970 bits per heavy atom. The molecule has 2 aromatic carbocycles. The van der Waals surface area contributed by atoms with Crippen LogP contribution in [0, 0.1) is 13.8 Å². The highest BCUT2D eigenvalue weighted by atomic mass is 16.2. The van der Waals surface area contributed by atoms with Crippen LogP contribution in [0.5, 0.6) is 0 Å². The number of para-hydroxylation sites is 1. The first-order valence-electron chi connectivity index (χ1n) is 10.9. The van der Waals surface area contributed by atoms with E-state index in [0.29, 0.717) is 29.3 Å². The predicted octanol–water partition coefficient (Wildman–Crippen LogP) is 5.39. The molecule has 0 fully saturated rings. The van der Waals surface area contributed by atoms with Crippen molar-refractivity contribution in [3.05, 3.63) is 82.3 Å². The number of nitrogens with one attached hydrogen (secondary N) is 3. The van der Waals surface area contributed by atoms with Gasteiger partial charge in [-0.05, 0) is 61.7 Å². The molecule has 168 valence electrons. The molecule has 0 atom stereocenters. The van der Waals surface area contributed by atoms with E-state index in [4.69, 9.17) is 0 Å². The molecule has 33 heavy (non-hydrogen) atoms.